The summed E-state index contributed by atoms with van der Waals surface area (Å²) >= 11 is 0. The molecule has 1 saturated carbocycles. The quantitative estimate of drug-likeness (QED) is 0.496. The molecule has 2 unspecified atom stereocenters. The molecule has 1 amide bonds. The lowest BCUT2D eigenvalue weighted by molar-refractivity contribution is 0.147. The Kier molecular flexibility index (Phi) is 7.16. The molecule has 140 valence electrons. The van der Waals surface area contributed by atoms with E-state index in [1.165, 1.54) is 0 Å². The van der Waals surface area contributed by atoms with E-state index in [0.717, 1.165) is 30.9 Å². The third kappa shape index (κ3) is 6.32. The molecule has 0 spiro atoms. The van der Waals surface area contributed by atoms with Gasteiger partial charge in [-0.2, -0.15) is 0 Å². The van der Waals surface area contributed by atoms with Crippen molar-refractivity contribution in [3.05, 3.63) is 23.7 Å². The van der Waals surface area contributed by atoms with Crippen molar-refractivity contribution in [3.8, 4) is 0 Å². The summed E-state index contributed by atoms with van der Waals surface area (Å²) in [6, 6.07) is 3.93. The molecular formula is C18H30N4O3. The number of amides is 1. The molecule has 2 atom stereocenters. The van der Waals surface area contributed by atoms with E-state index in [-0.39, 0.29) is 18.2 Å². The molecule has 1 aromatic heterocycles. The lowest BCUT2D eigenvalue weighted by atomic mass is 10.2. The van der Waals surface area contributed by atoms with Crippen LogP contribution in [-0.4, -0.2) is 37.8 Å². The third-order valence-electron chi connectivity index (χ3n) is 4.10. The number of hydrogen-bond acceptors (Lipinski definition) is 4. The highest BCUT2D eigenvalue weighted by Crippen LogP contribution is 2.32. The zero-order chi connectivity index (χ0) is 18.2. The summed E-state index contributed by atoms with van der Waals surface area (Å²) in [7, 11) is 0. The molecule has 1 aromatic rings. The summed E-state index contributed by atoms with van der Waals surface area (Å²) in [6.07, 6.45) is 1.88. The van der Waals surface area contributed by atoms with Gasteiger partial charge in [-0.25, -0.2) is 4.79 Å². The van der Waals surface area contributed by atoms with E-state index in [1.54, 1.807) is 6.92 Å². The second-order valence-corrected chi connectivity index (χ2v) is 6.34. The Balaban J connectivity index is 1.95. The molecule has 0 bridgehead atoms. The number of rotatable bonds is 8. The maximum absolute atomic E-state index is 11.7. The van der Waals surface area contributed by atoms with Crippen LogP contribution < -0.4 is 16.0 Å². The van der Waals surface area contributed by atoms with Crippen LogP contribution in [0.2, 0.25) is 0 Å². The first-order valence-corrected chi connectivity index (χ1v) is 9.07. The fourth-order valence-corrected chi connectivity index (χ4v) is 2.61. The second kappa shape index (κ2) is 9.34. The van der Waals surface area contributed by atoms with Gasteiger partial charge in [0.1, 0.15) is 11.5 Å². The van der Waals surface area contributed by atoms with Crippen molar-refractivity contribution in [1.82, 2.24) is 16.0 Å². The summed E-state index contributed by atoms with van der Waals surface area (Å²) in [5, 5.41) is 9.50. The highest BCUT2D eigenvalue weighted by atomic mass is 16.5. The zero-order valence-corrected chi connectivity index (χ0v) is 15.6. The van der Waals surface area contributed by atoms with Gasteiger partial charge < -0.3 is 25.1 Å². The van der Waals surface area contributed by atoms with Crippen molar-refractivity contribution < 1.29 is 13.9 Å². The lowest BCUT2D eigenvalue weighted by Gasteiger charge is -2.19. The van der Waals surface area contributed by atoms with Gasteiger partial charge in [0.05, 0.1) is 25.2 Å². The number of ether oxygens (including phenoxy) is 1. The maximum Gasteiger partial charge on any atom is 0.407 e. The van der Waals surface area contributed by atoms with Crippen LogP contribution in [0.4, 0.5) is 4.79 Å². The number of nitrogens with zero attached hydrogens (tertiary/aromatic N) is 1. The summed E-state index contributed by atoms with van der Waals surface area (Å²) in [4.78, 5) is 16.3. The molecule has 0 aromatic carbocycles. The van der Waals surface area contributed by atoms with Gasteiger partial charge in [-0.3, -0.25) is 4.99 Å². The number of nitrogens with one attached hydrogen (secondary N) is 3. The highest BCUT2D eigenvalue weighted by Gasteiger charge is 2.32. The van der Waals surface area contributed by atoms with Crippen molar-refractivity contribution >= 4 is 12.1 Å². The van der Waals surface area contributed by atoms with Gasteiger partial charge >= 0.3 is 6.09 Å². The predicted molar refractivity (Wildman–Crippen MR) is 97.6 cm³/mol. The predicted octanol–water partition coefficient (Wildman–Crippen LogP) is 2.73. The largest absolute Gasteiger partial charge is 0.464 e. The van der Waals surface area contributed by atoms with Crippen LogP contribution in [0.3, 0.4) is 0 Å². The lowest BCUT2D eigenvalue weighted by Crippen LogP contribution is -2.42. The van der Waals surface area contributed by atoms with Gasteiger partial charge in [-0.05, 0) is 58.6 Å². The first-order valence-electron chi connectivity index (χ1n) is 9.07. The number of carbonyl (C=O) groups is 1. The Morgan fingerprint density at radius 2 is 2.12 bits per heavy atom. The molecule has 1 aliphatic carbocycles. The maximum atomic E-state index is 11.7. The summed E-state index contributed by atoms with van der Waals surface area (Å²) in [5.41, 5.74) is 0. The molecule has 0 radical (unpaired) electrons. The monoisotopic (exact) mass is 350 g/mol. The van der Waals surface area contributed by atoms with Gasteiger partial charge in [-0.15, -0.1) is 0 Å². The Labute approximate surface area is 149 Å². The molecular weight excluding hydrogens is 320 g/mol. The van der Waals surface area contributed by atoms with Gasteiger partial charge in [0.15, 0.2) is 5.96 Å². The van der Waals surface area contributed by atoms with E-state index < -0.39 is 0 Å². The number of aliphatic imine (C=N–C) groups is 1. The Bertz CT molecular complexity index is 581. The van der Waals surface area contributed by atoms with Gasteiger partial charge in [-0.1, -0.05) is 0 Å². The number of alkyl carbamates (subject to hydrolysis) is 1. The van der Waals surface area contributed by atoms with Crippen molar-refractivity contribution in [2.24, 2.45) is 10.9 Å². The first kappa shape index (κ1) is 19.1. The Morgan fingerprint density at radius 3 is 2.68 bits per heavy atom. The van der Waals surface area contributed by atoms with Crippen LogP contribution in [0, 0.1) is 12.8 Å². The van der Waals surface area contributed by atoms with Crippen molar-refractivity contribution in [2.45, 2.75) is 52.6 Å². The minimum Gasteiger partial charge on any atom is -0.464 e. The average Bonchev–Trinajstić information content (AvgIpc) is 3.32. The summed E-state index contributed by atoms with van der Waals surface area (Å²) in [6.45, 7) is 9.43. The molecule has 0 aliphatic heterocycles. The second-order valence-electron chi connectivity index (χ2n) is 6.34. The zero-order valence-electron chi connectivity index (χ0n) is 15.6. The molecule has 1 fully saturated rings. The SMILES string of the molecule is CCNC(=NCC(NC(=O)OCC)C1CC1)NC(C)c1ccc(C)o1. The van der Waals surface area contributed by atoms with E-state index >= 15 is 0 Å². The van der Waals surface area contributed by atoms with Crippen molar-refractivity contribution in [2.75, 3.05) is 19.7 Å². The van der Waals surface area contributed by atoms with Crippen LogP contribution in [0.5, 0.6) is 0 Å². The molecule has 7 heteroatoms. The van der Waals surface area contributed by atoms with Crippen LogP contribution in [-0.2, 0) is 4.74 Å². The van der Waals surface area contributed by atoms with Crippen molar-refractivity contribution in [1.29, 1.82) is 0 Å². The number of furan rings is 1. The molecule has 2 rings (SSSR count). The molecule has 1 heterocycles. The number of carbonyl (C=O) groups excluding carboxylic acids is 1. The minimum atomic E-state index is -0.369. The first-order chi connectivity index (χ1) is 12.0. The number of guanidine groups is 1. The normalized spacial score (nSPS) is 16.9. The fourth-order valence-electron chi connectivity index (χ4n) is 2.61. The fraction of sp³-hybridized carbons (Fsp3) is 0.667. The van der Waals surface area contributed by atoms with Crippen LogP contribution in [0.15, 0.2) is 21.5 Å². The van der Waals surface area contributed by atoms with Crippen LogP contribution >= 0.6 is 0 Å². The van der Waals surface area contributed by atoms with E-state index in [4.69, 9.17) is 9.15 Å². The smallest absolute Gasteiger partial charge is 0.407 e. The highest BCUT2D eigenvalue weighted by molar-refractivity contribution is 5.80. The van der Waals surface area contributed by atoms with E-state index in [2.05, 4.69) is 20.9 Å². The van der Waals surface area contributed by atoms with Gasteiger partial charge in [0, 0.05) is 6.54 Å². The van der Waals surface area contributed by atoms with Crippen LogP contribution in [0.25, 0.3) is 0 Å². The number of aryl methyl sites for hydroxylation is 1. The van der Waals surface area contributed by atoms with Crippen LogP contribution in [0.1, 0.15) is 51.2 Å². The Morgan fingerprint density at radius 1 is 1.36 bits per heavy atom. The molecule has 25 heavy (non-hydrogen) atoms. The number of hydrogen-bond donors (Lipinski definition) is 3. The van der Waals surface area contributed by atoms with Crippen molar-refractivity contribution in [3.63, 3.8) is 0 Å². The molecule has 1 aliphatic rings. The molecule has 7 nitrogen and oxygen atoms in total. The van der Waals surface area contributed by atoms with Gasteiger partial charge in [0.2, 0.25) is 0 Å². The third-order valence-corrected chi connectivity index (χ3v) is 4.10. The average molecular weight is 350 g/mol. The Hall–Kier alpha value is -2.18. The summed E-state index contributed by atoms with van der Waals surface area (Å²) < 4.78 is 10.6. The van der Waals surface area contributed by atoms with E-state index in [0.29, 0.717) is 25.0 Å². The molecule has 0 saturated heterocycles. The van der Waals surface area contributed by atoms with E-state index in [9.17, 15) is 4.79 Å². The summed E-state index contributed by atoms with van der Waals surface area (Å²) in [5.74, 6) is 2.95. The van der Waals surface area contributed by atoms with Gasteiger partial charge in [0.25, 0.3) is 0 Å². The standard InChI is InChI=1S/C18H30N4O3/c1-5-19-17(21-13(4)16-10-7-12(3)25-16)20-11-15(14-8-9-14)22-18(23)24-6-2/h7,10,13-15H,5-6,8-9,11H2,1-4H3,(H,22,23)(H2,19,20,21). The topological polar surface area (TPSA) is 87.9 Å². The molecule has 3 N–H and O–H groups in total. The minimum absolute atomic E-state index is 0.00360. The van der Waals surface area contributed by atoms with E-state index in [1.807, 2.05) is 32.9 Å².